The number of amides is 1. The molecule has 1 aromatic rings. The second kappa shape index (κ2) is 5.59. The molecular formula is C16H12N4OS. The molecule has 1 saturated heterocycles. The standard InChI is InChI=1S/C16H12N4OS/c17-8-11-14(10-4-2-1-3-5-10)12(9-18)16-20(15(11)19)13(21)6-7-22-16/h1-5,14H,6-7,19H2. The summed E-state index contributed by atoms with van der Waals surface area (Å²) in [5, 5.41) is 19.7. The van der Waals surface area contributed by atoms with Gasteiger partial charge in [-0.1, -0.05) is 30.3 Å². The minimum atomic E-state index is -0.513. The summed E-state index contributed by atoms with van der Waals surface area (Å²) in [7, 11) is 0. The van der Waals surface area contributed by atoms with Gasteiger partial charge in [0.25, 0.3) is 0 Å². The average molecular weight is 308 g/mol. The first-order valence-electron chi connectivity index (χ1n) is 6.73. The molecule has 3 rings (SSSR count). The van der Waals surface area contributed by atoms with E-state index in [2.05, 4.69) is 12.1 Å². The fourth-order valence-electron chi connectivity index (χ4n) is 2.72. The summed E-state index contributed by atoms with van der Waals surface area (Å²) < 4.78 is 0. The number of carbonyl (C=O) groups is 1. The molecule has 0 saturated carbocycles. The number of allylic oxidation sites excluding steroid dienone is 2. The van der Waals surface area contributed by atoms with Crippen LogP contribution in [0.5, 0.6) is 0 Å². The lowest BCUT2D eigenvalue weighted by molar-refractivity contribution is -0.127. The third-order valence-corrected chi connectivity index (χ3v) is 4.79. The SMILES string of the molecule is N#CC1=C(N)N2C(=O)CCSC2=C(C#N)C1c1ccccc1. The third kappa shape index (κ3) is 2.05. The lowest BCUT2D eigenvalue weighted by atomic mass is 9.83. The second-order valence-corrected chi connectivity index (χ2v) is 6.00. The summed E-state index contributed by atoms with van der Waals surface area (Å²) in [6, 6.07) is 13.6. The molecule has 1 unspecified atom stereocenters. The van der Waals surface area contributed by atoms with E-state index in [1.165, 1.54) is 16.7 Å². The molecule has 1 amide bonds. The topological polar surface area (TPSA) is 93.9 Å². The van der Waals surface area contributed by atoms with Crippen LogP contribution in [0.2, 0.25) is 0 Å². The lowest BCUT2D eigenvalue weighted by Gasteiger charge is -2.36. The van der Waals surface area contributed by atoms with E-state index in [-0.39, 0.29) is 17.3 Å². The first-order valence-corrected chi connectivity index (χ1v) is 7.72. The smallest absolute Gasteiger partial charge is 0.233 e. The minimum absolute atomic E-state index is 0.141. The van der Waals surface area contributed by atoms with Crippen LogP contribution in [0.15, 0.2) is 52.3 Å². The van der Waals surface area contributed by atoms with E-state index in [4.69, 9.17) is 5.73 Å². The Morgan fingerprint density at radius 1 is 1.18 bits per heavy atom. The summed E-state index contributed by atoms with van der Waals surface area (Å²) in [4.78, 5) is 13.5. The van der Waals surface area contributed by atoms with Crippen molar-refractivity contribution in [3.63, 3.8) is 0 Å². The summed E-state index contributed by atoms with van der Waals surface area (Å²) >= 11 is 1.44. The molecule has 2 N–H and O–H groups in total. The maximum absolute atomic E-state index is 12.2. The monoisotopic (exact) mass is 308 g/mol. The van der Waals surface area contributed by atoms with Gasteiger partial charge >= 0.3 is 0 Å². The Labute approximate surface area is 132 Å². The highest BCUT2D eigenvalue weighted by molar-refractivity contribution is 8.03. The largest absolute Gasteiger partial charge is 0.384 e. The molecular weight excluding hydrogens is 296 g/mol. The molecule has 2 aliphatic heterocycles. The number of hydrogen-bond donors (Lipinski definition) is 1. The van der Waals surface area contributed by atoms with E-state index in [0.29, 0.717) is 22.8 Å². The van der Waals surface area contributed by atoms with Crippen molar-refractivity contribution < 1.29 is 4.79 Å². The number of fused-ring (bicyclic) bond motifs is 1. The number of thioether (sulfide) groups is 1. The normalized spacial score (nSPS) is 21.3. The molecule has 0 bridgehead atoms. The van der Waals surface area contributed by atoms with Gasteiger partial charge in [0.1, 0.15) is 5.82 Å². The Bertz CT molecular complexity index is 783. The van der Waals surface area contributed by atoms with Gasteiger partial charge in [0.05, 0.1) is 34.2 Å². The lowest BCUT2D eigenvalue weighted by Crippen LogP contribution is -2.40. The minimum Gasteiger partial charge on any atom is -0.384 e. The van der Waals surface area contributed by atoms with Crippen LogP contribution in [0.4, 0.5) is 0 Å². The summed E-state index contributed by atoms with van der Waals surface area (Å²) in [6.45, 7) is 0. The van der Waals surface area contributed by atoms with E-state index < -0.39 is 5.92 Å². The number of carbonyl (C=O) groups excluding carboxylic acids is 1. The predicted octanol–water partition coefficient (Wildman–Crippen LogP) is 2.18. The molecule has 0 aromatic heterocycles. The molecule has 1 fully saturated rings. The molecule has 1 aromatic carbocycles. The quantitative estimate of drug-likeness (QED) is 0.858. The average Bonchev–Trinajstić information content (AvgIpc) is 2.55. The van der Waals surface area contributed by atoms with Gasteiger partial charge in [0.2, 0.25) is 5.91 Å². The van der Waals surface area contributed by atoms with Crippen molar-refractivity contribution in [2.45, 2.75) is 12.3 Å². The Hall–Kier alpha value is -2.70. The maximum Gasteiger partial charge on any atom is 0.233 e. The van der Waals surface area contributed by atoms with E-state index >= 15 is 0 Å². The van der Waals surface area contributed by atoms with E-state index in [1.54, 1.807) is 0 Å². The van der Waals surface area contributed by atoms with E-state index in [0.717, 1.165) is 5.56 Å². The predicted molar refractivity (Wildman–Crippen MR) is 82.6 cm³/mol. The van der Waals surface area contributed by atoms with Crippen molar-refractivity contribution in [1.82, 2.24) is 4.90 Å². The number of benzene rings is 1. The fourth-order valence-corrected chi connectivity index (χ4v) is 3.83. The maximum atomic E-state index is 12.2. The molecule has 5 nitrogen and oxygen atoms in total. The van der Waals surface area contributed by atoms with Crippen LogP contribution in [-0.4, -0.2) is 16.6 Å². The van der Waals surface area contributed by atoms with Crippen molar-refractivity contribution >= 4 is 17.7 Å². The van der Waals surface area contributed by atoms with Gasteiger partial charge in [0, 0.05) is 12.2 Å². The zero-order chi connectivity index (χ0) is 15.7. The molecule has 2 aliphatic rings. The molecule has 1 atom stereocenters. The van der Waals surface area contributed by atoms with Crippen LogP contribution in [0.3, 0.4) is 0 Å². The highest BCUT2D eigenvalue weighted by atomic mass is 32.2. The molecule has 0 spiro atoms. The fraction of sp³-hybridized carbons (Fsp3) is 0.188. The van der Waals surface area contributed by atoms with Crippen molar-refractivity contribution in [3.05, 3.63) is 57.9 Å². The van der Waals surface area contributed by atoms with Crippen molar-refractivity contribution in [1.29, 1.82) is 10.5 Å². The molecule has 108 valence electrons. The Morgan fingerprint density at radius 3 is 2.50 bits per heavy atom. The third-order valence-electron chi connectivity index (χ3n) is 3.71. The first-order chi connectivity index (χ1) is 10.7. The zero-order valence-electron chi connectivity index (χ0n) is 11.6. The summed E-state index contributed by atoms with van der Waals surface area (Å²) in [5.41, 5.74) is 7.57. The highest BCUT2D eigenvalue weighted by Gasteiger charge is 2.39. The van der Waals surface area contributed by atoms with Crippen LogP contribution in [0.25, 0.3) is 0 Å². The number of nitriles is 2. The van der Waals surface area contributed by atoms with Crippen LogP contribution in [0.1, 0.15) is 17.9 Å². The van der Waals surface area contributed by atoms with E-state index in [9.17, 15) is 15.3 Å². The van der Waals surface area contributed by atoms with Gasteiger partial charge in [-0.05, 0) is 5.56 Å². The Balaban J connectivity index is 2.25. The van der Waals surface area contributed by atoms with E-state index in [1.807, 2.05) is 30.3 Å². The molecule has 22 heavy (non-hydrogen) atoms. The van der Waals surface area contributed by atoms with Gasteiger partial charge in [-0.2, -0.15) is 10.5 Å². The molecule has 0 radical (unpaired) electrons. The molecule has 6 heteroatoms. The Kier molecular flexibility index (Phi) is 3.62. The number of nitrogens with zero attached hydrogens (tertiary/aromatic N) is 3. The van der Waals surface area contributed by atoms with Crippen LogP contribution in [0, 0.1) is 22.7 Å². The Morgan fingerprint density at radius 2 is 1.86 bits per heavy atom. The van der Waals surface area contributed by atoms with Crippen molar-refractivity contribution in [2.24, 2.45) is 5.73 Å². The van der Waals surface area contributed by atoms with Crippen molar-refractivity contribution in [3.8, 4) is 12.1 Å². The van der Waals surface area contributed by atoms with Crippen LogP contribution < -0.4 is 5.73 Å². The molecule has 2 heterocycles. The second-order valence-electron chi connectivity index (χ2n) is 4.91. The number of nitrogens with two attached hydrogens (primary N) is 1. The van der Waals surface area contributed by atoms with Gasteiger partial charge in [0.15, 0.2) is 0 Å². The molecule has 0 aliphatic carbocycles. The highest BCUT2D eigenvalue weighted by Crippen LogP contribution is 2.45. The van der Waals surface area contributed by atoms with Gasteiger partial charge in [-0.25, -0.2) is 0 Å². The zero-order valence-corrected chi connectivity index (χ0v) is 12.4. The van der Waals surface area contributed by atoms with Gasteiger partial charge in [-0.3, -0.25) is 9.69 Å². The van der Waals surface area contributed by atoms with Crippen molar-refractivity contribution in [2.75, 3.05) is 5.75 Å². The van der Waals surface area contributed by atoms with Crippen LogP contribution >= 0.6 is 11.8 Å². The first kappa shape index (κ1) is 14.2. The number of rotatable bonds is 1. The summed E-state index contributed by atoms with van der Waals surface area (Å²) in [5.74, 6) is 0.0775. The van der Waals surface area contributed by atoms with Crippen LogP contribution in [-0.2, 0) is 4.79 Å². The summed E-state index contributed by atoms with van der Waals surface area (Å²) in [6.07, 6.45) is 0.349. The number of hydrogen-bond acceptors (Lipinski definition) is 5. The van der Waals surface area contributed by atoms with Gasteiger partial charge in [-0.15, -0.1) is 11.8 Å². The van der Waals surface area contributed by atoms with Gasteiger partial charge < -0.3 is 5.73 Å².